The minimum atomic E-state index is -4.14. The van der Waals surface area contributed by atoms with Crippen LogP contribution in [0.25, 0.3) is 0 Å². The van der Waals surface area contributed by atoms with Crippen molar-refractivity contribution in [2.75, 3.05) is 10.8 Å². The van der Waals surface area contributed by atoms with Gasteiger partial charge in [-0.05, 0) is 69.0 Å². The summed E-state index contributed by atoms with van der Waals surface area (Å²) in [5.41, 5.74) is 2.81. The normalized spacial score (nSPS) is 14.7. The molecule has 3 aromatic carbocycles. The van der Waals surface area contributed by atoms with Crippen molar-refractivity contribution in [1.82, 2.24) is 10.2 Å². The van der Waals surface area contributed by atoms with E-state index in [0.29, 0.717) is 5.02 Å². The first-order valence-electron chi connectivity index (χ1n) is 14.1. The number of nitrogens with zero attached hydrogens (tertiary/aromatic N) is 2. The highest BCUT2D eigenvalue weighted by atomic mass is 35.5. The molecule has 0 radical (unpaired) electrons. The van der Waals surface area contributed by atoms with Gasteiger partial charge in [0, 0.05) is 17.6 Å². The summed E-state index contributed by atoms with van der Waals surface area (Å²) in [5.74, 6) is -0.736. The molecule has 0 unspecified atom stereocenters. The number of carbonyl (C=O) groups excluding carboxylic acids is 2. The van der Waals surface area contributed by atoms with Crippen LogP contribution in [0.1, 0.15) is 55.7 Å². The van der Waals surface area contributed by atoms with Gasteiger partial charge in [-0.25, -0.2) is 8.42 Å². The molecule has 1 fully saturated rings. The molecule has 0 bridgehead atoms. The van der Waals surface area contributed by atoms with Gasteiger partial charge in [-0.15, -0.1) is 0 Å². The molecule has 1 N–H and O–H groups in total. The van der Waals surface area contributed by atoms with Crippen LogP contribution in [-0.2, 0) is 26.2 Å². The zero-order chi connectivity index (χ0) is 29.6. The van der Waals surface area contributed by atoms with Crippen LogP contribution in [0.15, 0.2) is 77.7 Å². The van der Waals surface area contributed by atoms with Crippen molar-refractivity contribution in [2.24, 2.45) is 0 Å². The van der Waals surface area contributed by atoms with Crippen molar-refractivity contribution < 1.29 is 18.0 Å². The van der Waals surface area contributed by atoms with Gasteiger partial charge in [0.2, 0.25) is 11.8 Å². The van der Waals surface area contributed by atoms with Crippen LogP contribution in [-0.4, -0.2) is 43.8 Å². The number of hydrogen-bond donors (Lipinski definition) is 1. The van der Waals surface area contributed by atoms with Crippen LogP contribution in [0.4, 0.5) is 5.69 Å². The number of sulfonamides is 1. The molecule has 2 amide bonds. The minimum absolute atomic E-state index is 0.0605. The fraction of sp³-hybridized carbons (Fsp3) is 0.375. The highest BCUT2D eigenvalue weighted by molar-refractivity contribution is 7.92. The molecule has 0 aliphatic heterocycles. The summed E-state index contributed by atoms with van der Waals surface area (Å²) in [6.45, 7) is 5.05. The Balaban J connectivity index is 1.68. The Bertz CT molecular complexity index is 1460. The topological polar surface area (TPSA) is 86.8 Å². The van der Waals surface area contributed by atoms with Crippen molar-refractivity contribution in [3.8, 4) is 0 Å². The monoisotopic (exact) mass is 595 g/mol. The fourth-order valence-electron chi connectivity index (χ4n) is 5.03. The summed E-state index contributed by atoms with van der Waals surface area (Å²) < 4.78 is 29.0. The molecule has 9 heteroatoms. The number of nitrogens with one attached hydrogen (secondary N) is 1. The summed E-state index contributed by atoms with van der Waals surface area (Å²) in [7, 11) is -4.14. The van der Waals surface area contributed by atoms with Crippen molar-refractivity contribution in [3.63, 3.8) is 0 Å². The number of benzene rings is 3. The average Bonchev–Trinajstić information content (AvgIpc) is 2.97. The van der Waals surface area contributed by atoms with E-state index in [1.807, 2.05) is 44.2 Å². The standard InChI is InChI=1S/C32H38ClN3O4S/c1-23-14-18-29(19-15-23)41(39,40)36(28-17-16-24(2)30(33)20-28)22-31(37)35(21-26-10-6-4-7-11-26)25(3)32(38)34-27-12-8-5-9-13-27/h4,6-7,10-11,14-20,25,27H,5,8-9,12-13,21-22H2,1-3H3,(H,34,38)/t25-/m1/s1. The van der Waals surface area contributed by atoms with Gasteiger partial charge in [0.1, 0.15) is 12.6 Å². The highest BCUT2D eigenvalue weighted by Gasteiger charge is 2.33. The van der Waals surface area contributed by atoms with E-state index in [4.69, 9.17) is 11.6 Å². The lowest BCUT2D eigenvalue weighted by atomic mass is 9.95. The zero-order valence-corrected chi connectivity index (χ0v) is 25.4. The zero-order valence-electron chi connectivity index (χ0n) is 23.8. The lowest BCUT2D eigenvalue weighted by Gasteiger charge is -2.33. The van der Waals surface area contributed by atoms with Crippen molar-refractivity contribution >= 4 is 39.1 Å². The van der Waals surface area contributed by atoms with Crippen molar-refractivity contribution in [2.45, 2.75) is 76.4 Å². The molecule has 218 valence electrons. The second kappa shape index (κ2) is 13.5. The molecule has 41 heavy (non-hydrogen) atoms. The second-order valence-electron chi connectivity index (χ2n) is 10.8. The Morgan fingerprint density at radius 2 is 1.61 bits per heavy atom. The molecular formula is C32H38ClN3O4S. The summed E-state index contributed by atoms with van der Waals surface area (Å²) in [4.78, 5) is 29.0. The van der Waals surface area contributed by atoms with E-state index in [9.17, 15) is 18.0 Å². The highest BCUT2D eigenvalue weighted by Crippen LogP contribution is 2.29. The summed E-state index contributed by atoms with van der Waals surface area (Å²) in [5, 5.41) is 3.51. The lowest BCUT2D eigenvalue weighted by Crippen LogP contribution is -2.53. The largest absolute Gasteiger partial charge is 0.352 e. The van der Waals surface area contributed by atoms with Gasteiger partial charge in [0.25, 0.3) is 10.0 Å². The number of hydrogen-bond acceptors (Lipinski definition) is 4. The minimum Gasteiger partial charge on any atom is -0.352 e. The summed E-state index contributed by atoms with van der Waals surface area (Å²) in [6.07, 6.45) is 5.13. The molecule has 0 aromatic heterocycles. The SMILES string of the molecule is Cc1ccc(S(=O)(=O)N(CC(=O)N(Cc2ccccc2)[C@H](C)C(=O)NC2CCCCC2)c2ccc(C)c(Cl)c2)cc1. The van der Waals surface area contributed by atoms with Crippen molar-refractivity contribution in [3.05, 3.63) is 94.5 Å². The number of amides is 2. The number of aryl methyl sites for hydroxylation is 2. The van der Waals surface area contributed by atoms with Gasteiger partial charge in [-0.3, -0.25) is 13.9 Å². The van der Waals surface area contributed by atoms with E-state index in [1.165, 1.54) is 17.0 Å². The number of halogens is 1. The van der Waals surface area contributed by atoms with E-state index in [-0.39, 0.29) is 29.1 Å². The van der Waals surface area contributed by atoms with Crippen LogP contribution in [0.3, 0.4) is 0 Å². The number of rotatable bonds is 10. The van der Waals surface area contributed by atoms with Gasteiger partial charge in [0.15, 0.2) is 0 Å². The molecule has 0 saturated heterocycles. The van der Waals surface area contributed by atoms with Crippen LogP contribution in [0, 0.1) is 13.8 Å². The molecule has 1 aliphatic carbocycles. The van der Waals surface area contributed by atoms with Crippen LogP contribution >= 0.6 is 11.6 Å². The average molecular weight is 596 g/mol. The Morgan fingerprint density at radius 1 is 0.951 bits per heavy atom. The third kappa shape index (κ3) is 7.68. The lowest BCUT2D eigenvalue weighted by molar-refractivity contribution is -0.139. The summed E-state index contributed by atoms with van der Waals surface area (Å²) >= 11 is 6.40. The van der Waals surface area contributed by atoms with Gasteiger partial charge >= 0.3 is 0 Å². The molecule has 1 aliphatic rings. The van der Waals surface area contributed by atoms with Crippen LogP contribution in [0.5, 0.6) is 0 Å². The maximum absolute atomic E-state index is 14.1. The summed E-state index contributed by atoms with van der Waals surface area (Å²) in [6, 6.07) is 20.1. The third-order valence-corrected chi connectivity index (χ3v) is 9.84. The molecule has 3 aromatic rings. The van der Waals surface area contributed by atoms with E-state index in [1.54, 1.807) is 37.3 Å². The quantitative estimate of drug-likeness (QED) is 0.311. The van der Waals surface area contributed by atoms with Gasteiger partial charge in [-0.2, -0.15) is 0 Å². The molecule has 4 rings (SSSR count). The Morgan fingerprint density at radius 3 is 2.24 bits per heavy atom. The first-order chi connectivity index (χ1) is 19.6. The number of anilines is 1. The second-order valence-corrected chi connectivity index (χ2v) is 13.1. The van der Waals surface area contributed by atoms with Gasteiger partial charge in [0.05, 0.1) is 10.6 Å². The Hall–Kier alpha value is -3.36. The first-order valence-corrected chi connectivity index (χ1v) is 15.9. The molecule has 0 heterocycles. The Labute approximate surface area is 248 Å². The van der Waals surface area contributed by atoms with Gasteiger partial charge in [-0.1, -0.05) is 85.0 Å². The molecule has 1 saturated carbocycles. The van der Waals surface area contributed by atoms with E-state index in [0.717, 1.165) is 53.1 Å². The van der Waals surface area contributed by atoms with Crippen molar-refractivity contribution in [1.29, 1.82) is 0 Å². The molecule has 7 nitrogen and oxygen atoms in total. The number of carbonyl (C=O) groups is 2. The van der Waals surface area contributed by atoms with Gasteiger partial charge < -0.3 is 10.2 Å². The molecule has 0 spiro atoms. The maximum atomic E-state index is 14.1. The molecule has 1 atom stereocenters. The smallest absolute Gasteiger partial charge is 0.264 e. The fourth-order valence-corrected chi connectivity index (χ4v) is 6.62. The maximum Gasteiger partial charge on any atom is 0.264 e. The predicted octanol–water partition coefficient (Wildman–Crippen LogP) is 6.02. The molecular weight excluding hydrogens is 558 g/mol. The Kier molecular flexibility index (Phi) is 10.1. The van der Waals surface area contributed by atoms with E-state index in [2.05, 4.69) is 5.32 Å². The van der Waals surface area contributed by atoms with E-state index < -0.39 is 28.5 Å². The third-order valence-electron chi connectivity index (χ3n) is 7.65. The van der Waals surface area contributed by atoms with E-state index >= 15 is 0 Å². The predicted molar refractivity (Wildman–Crippen MR) is 163 cm³/mol. The van der Waals surface area contributed by atoms with Crippen LogP contribution < -0.4 is 9.62 Å². The van der Waals surface area contributed by atoms with Crippen LogP contribution in [0.2, 0.25) is 5.02 Å². The first kappa shape index (κ1) is 30.6.